The maximum Gasteiger partial charge on any atom is 0.0727 e. The molecule has 0 radical (unpaired) electrons. The summed E-state index contributed by atoms with van der Waals surface area (Å²) in [6, 6.07) is 4.38. The van der Waals surface area contributed by atoms with Gasteiger partial charge in [-0.15, -0.1) is 11.8 Å². The van der Waals surface area contributed by atoms with Crippen LogP contribution in [0.2, 0.25) is 0 Å². The van der Waals surface area contributed by atoms with Gasteiger partial charge in [0.15, 0.2) is 0 Å². The largest absolute Gasteiger partial charge is 0.397 e. The molecule has 2 rings (SSSR count). The second-order valence-electron chi connectivity index (χ2n) is 4.08. The summed E-state index contributed by atoms with van der Waals surface area (Å²) in [5, 5.41) is 4.49. The van der Waals surface area contributed by atoms with Crippen LogP contribution in [0.3, 0.4) is 0 Å². The highest BCUT2D eigenvalue weighted by Gasteiger charge is 2.04. The second-order valence-corrected chi connectivity index (χ2v) is 5.10. The van der Waals surface area contributed by atoms with Crippen LogP contribution >= 0.6 is 11.8 Å². The third-order valence-corrected chi connectivity index (χ3v) is 3.50. The van der Waals surface area contributed by atoms with E-state index in [1.165, 1.54) is 0 Å². The number of hydrogen-bond donors (Lipinski definition) is 1. The number of thioether (sulfide) groups is 1. The fourth-order valence-corrected chi connectivity index (χ4v) is 2.25. The van der Waals surface area contributed by atoms with Crippen LogP contribution in [-0.4, -0.2) is 14.8 Å². The van der Waals surface area contributed by atoms with Crippen molar-refractivity contribution in [2.75, 3.05) is 5.73 Å². The number of anilines is 1. The molecule has 2 aromatic rings. The predicted octanol–water partition coefficient (Wildman–Crippen LogP) is 2.73. The minimum absolute atomic E-state index is 0.403. The molecule has 0 saturated heterocycles. The van der Waals surface area contributed by atoms with Gasteiger partial charge in [-0.05, 0) is 26.0 Å². The van der Waals surface area contributed by atoms with E-state index in [9.17, 15) is 0 Å². The first-order chi connectivity index (χ1) is 8.16. The lowest BCUT2D eigenvalue weighted by atomic mass is 10.4. The molecule has 2 aromatic heterocycles. The summed E-state index contributed by atoms with van der Waals surface area (Å²) < 4.78 is 1.96. The molecule has 4 nitrogen and oxygen atoms in total. The highest BCUT2D eigenvalue weighted by atomic mass is 32.2. The molecule has 0 bridgehead atoms. The van der Waals surface area contributed by atoms with Gasteiger partial charge in [0.2, 0.25) is 0 Å². The van der Waals surface area contributed by atoms with E-state index < -0.39 is 0 Å². The predicted molar refractivity (Wildman–Crippen MR) is 70.8 cm³/mol. The van der Waals surface area contributed by atoms with E-state index in [1.807, 2.05) is 23.0 Å². The molecule has 0 aromatic carbocycles. The number of nitrogen functional groups attached to an aromatic ring is 1. The zero-order valence-electron chi connectivity index (χ0n) is 10.00. The molecule has 0 spiro atoms. The zero-order valence-corrected chi connectivity index (χ0v) is 10.8. The Morgan fingerprint density at radius 3 is 2.88 bits per heavy atom. The van der Waals surface area contributed by atoms with Gasteiger partial charge in [0, 0.05) is 29.1 Å². The third-order valence-electron chi connectivity index (χ3n) is 2.38. The van der Waals surface area contributed by atoms with E-state index >= 15 is 0 Å². The standard InChI is InChI=1S/C12H16N4S/c1-9(2)16-6-4-10(15-16)8-17-12-3-5-14-7-11(12)13/h3-7,9H,8,13H2,1-2H3. The summed E-state index contributed by atoms with van der Waals surface area (Å²) in [4.78, 5) is 5.02. The van der Waals surface area contributed by atoms with Crippen molar-refractivity contribution < 1.29 is 0 Å². The zero-order chi connectivity index (χ0) is 12.3. The molecule has 0 unspecified atom stereocenters. The Balaban J connectivity index is 2.00. The van der Waals surface area contributed by atoms with Crippen molar-refractivity contribution in [2.45, 2.75) is 30.5 Å². The number of nitrogens with two attached hydrogens (primary N) is 1. The van der Waals surface area contributed by atoms with Gasteiger partial charge in [0.05, 0.1) is 17.6 Å². The molecular formula is C12H16N4S. The number of nitrogens with zero attached hydrogens (tertiary/aromatic N) is 3. The minimum Gasteiger partial charge on any atom is -0.397 e. The monoisotopic (exact) mass is 248 g/mol. The Morgan fingerprint density at radius 2 is 2.24 bits per heavy atom. The Morgan fingerprint density at radius 1 is 1.41 bits per heavy atom. The van der Waals surface area contributed by atoms with Gasteiger partial charge >= 0.3 is 0 Å². The van der Waals surface area contributed by atoms with Crippen molar-refractivity contribution in [3.8, 4) is 0 Å². The van der Waals surface area contributed by atoms with Crippen molar-refractivity contribution in [3.63, 3.8) is 0 Å². The van der Waals surface area contributed by atoms with Gasteiger partial charge in [-0.1, -0.05) is 0 Å². The molecule has 2 N–H and O–H groups in total. The van der Waals surface area contributed by atoms with Gasteiger partial charge in [-0.3, -0.25) is 9.67 Å². The lowest BCUT2D eigenvalue weighted by Gasteiger charge is -2.04. The highest BCUT2D eigenvalue weighted by Crippen LogP contribution is 2.26. The third kappa shape index (κ3) is 3.00. The van der Waals surface area contributed by atoms with Crippen LogP contribution in [0.15, 0.2) is 35.6 Å². The average Bonchev–Trinajstić information content (AvgIpc) is 2.77. The molecule has 0 amide bonds. The van der Waals surface area contributed by atoms with E-state index in [1.54, 1.807) is 24.2 Å². The molecule has 0 aliphatic heterocycles. The van der Waals surface area contributed by atoms with Crippen LogP contribution in [0.4, 0.5) is 5.69 Å². The maximum absolute atomic E-state index is 5.83. The van der Waals surface area contributed by atoms with Crippen molar-refractivity contribution in [1.82, 2.24) is 14.8 Å². The topological polar surface area (TPSA) is 56.7 Å². The lowest BCUT2D eigenvalue weighted by molar-refractivity contribution is 0.529. The van der Waals surface area contributed by atoms with Gasteiger partial charge in [0.25, 0.3) is 0 Å². The summed E-state index contributed by atoms with van der Waals surface area (Å²) in [6.45, 7) is 4.23. The van der Waals surface area contributed by atoms with Gasteiger partial charge in [-0.25, -0.2) is 0 Å². The van der Waals surface area contributed by atoms with Crippen molar-refractivity contribution in [1.29, 1.82) is 0 Å². The number of pyridine rings is 1. The summed E-state index contributed by atoms with van der Waals surface area (Å²) in [5.41, 5.74) is 7.62. The van der Waals surface area contributed by atoms with Gasteiger partial charge < -0.3 is 5.73 Å². The normalized spacial score (nSPS) is 11.0. The van der Waals surface area contributed by atoms with Crippen LogP contribution in [0.5, 0.6) is 0 Å². The van der Waals surface area contributed by atoms with E-state index in [0.29, 0.717) is 6.04 Å². The van der Waals surface area contributed by atoms with E-state index in [4.69, 9.17) is 5.73 Å². The maximum atomic E-state index is 5.83. The summed E-state index contributed by atoms with van der Waals surface area (Å²) >= 11 is 1.68. The number of aromatic nitrogens is 3. The smallest absolute Gasteiger partial charge is 0.0727 e. The molecule has 17 heavy (non-hydrogen) atoms. The second kappa shape index (κ2) is 5.23. The van der Waals surface area contributed by atoms with Crippen LogP contribution < -0.4 is 5.73 Å². The first-order valence-electron chi connectivity index (χ1n) is 5.53. The van der Waals surface area contributed by atoms with Crippen molar-refractivity contribution in [3.05, 3.63) is 36.4 Å². The van der Waals surface area contributed by atoms with Gasteiger partial charge in [-0.2, -0.15) is 5.10 Å². The molecule has 2 heterocycles. The molecule has 0 saturated carbocycles. The van der Waals surface area contributed by atoms with Crippen molar-refractivity contribution >= 4 is 17.4 Å². The molecule has 90 valence electrons. The quantitative estimate of drug-likeness (QED) is 0.845. The van der Waals surface area contributed by atoms with E-state index in [2.05, 4.69) is 23.9 Å². The SMILES string of the molecule is CC(C)n1ccc(CSc2ccncc2N)n1. The molecular weight excluding hydrogens is 232 g/mol. The minimum atomic E-state index is 0.403. The van der Waals surface area contributed by atoms with Crippen LogP contribution in [0.25, 0.3) is 0 Å². The Bertz CT molecular complexity index is 493. The molecule has 0 aliphatic rings. The average molecular weight is 248 g/mol. The van der Waals surface area contributed by atoms with Crippen molar-refractivity contribution in [2.24, 2.45) is 0 Å². The first kappa shape index (κ1) is 12.0. The van der Waals surface area contributed by atoms with Crippen LogP contribution in [0.1, 0.15) is 25.6 Å². The Labute approximate surface area is 105 Å². The van der Waals surface area contributed by atoms with Gasteiger partial charge in [0.1, 0.15) is 0 Å². The van der Waals surface area contributed by atoms with E-state index in [-0.39, 0.29) is 0 Å². The molecule has 0 atom stereocenters. The number of hydrogen-bond acceptors (Lipinski definition) is 4. The first-order valence-corrected chi connectivity index (χ1v) is 6.51. The van der Waals surface area contributed by atoms with E-state index in [0.717, 1.165) is 22.0 Å². The summed E-state index contributed by atoms with van der Waals surface area (Å²) in [6.07, 6.45) is 5.44. The molecule has 5 heteroatoms. The Kier molecular flexibility index (Phi) is 3.68. The number of rotatable bonds is 4. The fraction of sp³-hybridized carbons (Fsp3) is 0.333. The lowest BCUT2D eigenvalue weighted by Crippen LogP contribution is -2.01. The van der Waals surface area contributed by atoms with Crippen LogP contribution in [-0.2, 0) is 5.75 Å². The molecule has 0 aliphatic carbocycles. The summed E-state index contributed by atoms with van der Waals surface area (Å²) in [5.74, 6) is 0.827. The molecule has 0 fully saturated rings. The summed E-state index contributed by atoms with van der Waals surface area (Å²) in [7, 11) is 0. The Hall–Kier alpha value is -1.49. The highest BCUT2D eigenvalue weighted by molar-refractivity contribution is 7.98. The fourth-order valence-electron chi connectivity index (χ4n) is 1.42. The van der Waals surface area contributed by atoms with Crippen LogP contribution in [0, 0.1) is 0 Å².